The van der Waals surface area contributed by atoms with E-state index in [4.69, 9.17) is 16.3 Å². The number of ether oxygens (including phenoxy) is 1. The molecule has 166 valence electrons. The van der Waals surface area contributed by atoms with E-state index in [-0.39, 0.29) is 4.90 Å². The van der Waals surface area contributed by atoms with Crippen molar-refractivity contribution >= 4 is 39.3 Å². The van der Waals surface area contributed by atoms with Gasteiger partial charge in [0.2, 0.25) is 0 Å². The van der Waals surface area contributed by atoms with Crippen LogP contribution in [0, 0.1) is 13.8 Å². The summed E-state index contributed by atoms with van der Waals surface area (Å²) in [4.78, 5) is 13.2. The van der Waals surface area contributed by atoms with E-state index in [1.165, 1.54) is 30.3 Å². The van der Waals surface area contributed by atoms with Crippen LogP contribution >= 0.6 is 11.6 Å². The Bertz CT molecular complexity index is 1230. The van der Waals surface area contributed by atoms with E-state index in [1.54, 1.807) is 49.4 Å². The Labute approximate surface area is 194 Å². The number of carbonyl (C=O) groups excluding carboxylic acids is 1. The molecular formula is C25H24ClNO4S. The van der Waals surface area contributed by atoms with Crippen molar-refractivity contribution in [2.45, 2.75) is 25.7 Å². The fourth-order valence-corrected chi connectivity index (χ4v) is 4.66. The third-order valence-electron chi connectivity index (χ3n) is 4.74. The van der Waals surface area contributed by atoms with Gasteiger partial charge in [0.1, 0.15) is 5.75 Å². The smallest absolute Gasteiger partial charge is 0.271 e. The minimum Gasteiger partial charge on any atom is -0.494 e. The number of aryl methyl sites for hydroxylation is 2. The van der Waals surface area contributed by atoms with Crippen LogP contribution < -0.4 is 9.04 Å². The molecule has 0 saturated carbocycles. The first-order valence-electron chi connectivity index (χ1n) is 10.1. The first kappa shape index (κ1) is 23.6. The molecule has 0 radical (unpaired) electrons. The summed E-state index contributed by atoms with van der Waals surface area (Å²) in [5.41, 5.74) is 2.55. The maximum Gasteiger partial charge on any atom is 0.271 e. The van der Waals surface area contributed by atoms with Gasteiger partial charge in [0, 0.05) is 11.1 Å². The molecule has 0 bridgehead atoms. The predicted octanol–water partition coefficient (Wildman–Crippen LogP) is 5.79. The summed E-state index contributed by atoms with van der Waals surface area (Å²) in [6.45, 7) is 6.06. The second-order valence-electron chi connectivity index (χ2n) is 7.19. The Hall–Kier alpha value is -3.09. The van der Waals surface area contributed by atoms with E-state index in [0.29, 0.717) is 22.9 Å². The molecule has 0 unspecified atom stereocenters. The zero-order chi connectivity index (χ0) is 23.3. The topological polar surface area (TPSA) is 63.7 Å². The van der Waals surface area contributed by atoms with Gasteiger partial charge in [-0.1, -0.05) is 35.9 Å². The maximum atomic E-state index is 13.5. The molecule has 0 saturated heterocycles. The van der Waals surface area contributed by atoms with Crippen molar-refractivity contribution in [1.29, 1.82) is 0 Å². The fraction of sp³-hybridized carbons (Fsp3) is 0.160. The summed E-state index contributed by atoms with van der Waals surface area (Å²) in [6.07, 6.45) is 2.83. The van der Waals surface area contributed by atoms with Gasteiger partial charge in [-0.05, 0) is 86.0 Å². The molecular weight excluding hydrogens is 446 g/mol. The first-order valence-corrected chi connectivity index (χ1v) is 11.9. The van der Waals surface area contributed by atoms with Crippen molar-refractivity contribution in [1.82, 2.24) is 0 Å². The van der Waals surface area contributed by atoms with Crippen LogP contribution in [0.5, 0.6) is 5.75 Å². The van der Waals surface area contributed by atoms with Gasteiger partial charge in [0.25, 0.3) is 15.9 Å². The number of hydrogen-bond donors (Lipinski definition) is 0. The van der Waals surface area contributed by atoms with Crippen molar-refractivity contribution in [2.24, 2.45) is 0 Å². The third kappa shape index (κ3) is 5.39. The minimum absolute atomic E-state index is 0.0226. The average molecular weight is 470 g/mol. The number of hydrogen-bond acceptors (Lipinski definition) is 4. The van der Waals surface area contributed by atoms with Gasteiger partial charge in [-0.2, -0.15) is 4.31 Å². The Morgan fingerprint density at radius 3 is 2.28 bits per heavy atom. The Morgan fingerprint density at radius 2 is 1.66 bits per heavy atom. The number of amides is 1. The van der Waals surface area contributed by atoms with E-state index >= 15 is 0 Å². The van der Waals surface area contributed by atoms with Gasteiger partial charge in [-0.15, -0.1) is 0 Å². The monoisotopic (exact) mass is 469 g/mol. The molecule has 0 spiro atoms. The molecule has 0 aliphatic rings. The lowest BCUT2D eigenvalue weighted by Crippen LogP contribution is -2.36. The summed E-state index contributed by atoms with van der Waals surface area (Å²) < 4.78 is 33.2. The van der Waals surface area contributed by atoms with Crippen molar-refractivity contribution in [3.63, 3.8) is 0 Å². The molecule has 0 heterocycles. The second-order valence-corrected chi connectivity index (χ2v) is 9.41. The molecule has 0 aromatic heterocycles. The minimum atomic E-state index is -4.17. The molecule has 1 amide bonds. The molecule has 32 heavy (non-hydrogen) atoms. The van der Waals surface area contributed by atoms with Gasteiger partial charge in [0.15, 0.2) is 0 Å². The first-order chi connectivity index (χ1) is 15.2. The largest absolute Gasteiger partial charge is 0.494 e. The highest BCUT2D eigenvalue weighted by Crippen LogP contribution is 2.29. The maximum absolute atomic E-state index is 13.5. The Morgan fingerprint density at radius 1 is 1.00 bits per heavy atom. The molecule has 7 heteroatoms. The second kappa shape index (κ2) is 10.0. The molecule has 3 aromatic carbocycles. The predicted molar refractivity (Wildman–Crippen MR) is 129 cm³/mol. The molecule has 0 fully saturated rings. The number of carbonyl (C=O) groups is 1. The number of rotatable bonds is 7. The van der Waals surface area contributed by atoms with E-state index < -0.39 is 15.9 Å². The molecule has 0 aliphatic heterocycles. The van der Waals surface area contributed by atoms with Gasteiger partial charge >= 0.3 is 0 Å². The summed E-state index contributed by atoms with van der Waals surface area (Å²) in [5, 5.41) is 0.406. The molecule has 0 N–H and O–H groups in total. The lowest BCUT2D eigenvalue weighted by Gasteiger charge is -2.23. The van der Waals surface area contributed by atoms with Gasteiger partial charge in [-0.3, -0.25) is 4.79 Å². The van der Waals surface area contributed by atoms with E-state index in [9.17, 15) is 13.2 Å². The third-order valence-corrected chi connectivity index (χ3v) is 6.72. The summed E-state index contributed by atoms with van der Waals surface area (Å²) in [5.74, 6) is 0.0424. The number of halogens is 1. The van der Waals surface area contributed by atoms with Crippen molar-refractivity contribution in [3.05, 3.63) is 94.5 Å². The molecule has 0 atom stereocenters. The van der Waals surface area contributed by atoms with Crippen LogP contribution in [0.25, 0.3) is 6.08 Å². The van der Waals surface area contributed by atoms with E-state index in [2.05, 4.69) is 0 Å². The highest BCUT2D eigenvalue weighted by atomic mass is 35.5. The fourth-order valence-electron chi connectivity index (χ4n) is 3.09. The Kier molecular flexibility index (Phi) is 7.38. The van der Waals surface area contributed by atoms with Gasteiger partial charge < -0.3 is 4.74 Å². The number of anilines is 1. The molecule has 3 rings (SSSR count). The van der Waals surface area contributed by atoms with Crippen molar-refractivity contribution in [2.75, 3.05) is 10.9 Å². The van der Waals surface area contributed by atoms with Crippen LogP contribution in [0.4, 0.5) is 5.69 Å². The average Bonchev–Trinajstić information content (AvgIpc) is 2.76. The number of benzene rings is 3. The van der Waals surface area contributed by atoms with E-state index in [0.717, 1.165) is 21.2 Å². The van der Waals surface area contributed by atoms with Crippen molar-refractivity contribution < 1.29 is 17.9 Å². The number of nitrogens with zero attached hydrogens (tertiary/aromatic N) is 1. The lowest BCUT2D eigenvalue weighted by molar-refractivity contribution is -0.113. The zero-order valence-electron chi connectivity index (χ0n) is 18.1. The van der Waals surface area contributed by atoms with Crippen LogP contribution in [0.1, 0.15) is 23.6 Å². The molecule has 3 aromatic rings. The van der Waals surface area contributed by atoms with Crippen LogP contribution in [0.3, 0.4) is 0 Å². The summed E-state index contributed by atoms with van der Waals surface area (Å²) in [7, 11) is -4.17. The molecule has 5 nitrogen and oxygen atoms in total. The van der Waals surface area contributed by atoms with Crippen LogP contribution in [0.2, 0.25) is 5.02 Å². The highest BCUT2D eigenvalue weighted by molar-refractivity contribution is 7.93. The normalized spacial score (nSPS) is 11.5. The Balaban J connectivity index is 2.03. The van der Waals surface area contributed by atoms with Crippen LogP contribution in [0.15, 0.2) is 77.7 Å². The van der Waals surface area contributed by atoms with Gasteiger partial charge in [-0.25, -0.2) is 8.42 Å². The quantitative estimate of drug-likeness (QED) is 0.411. The summed E-state index contributed by atoms with van der Waals surface area (Å²) in [6, 6.07) is 18.3. The highest BCUT2D eigenvalue weighted by Gasteiger charge is 2.31. The van der Waals surface area contributed by atoms with E-state index in [1.807, 2.05) is 19.9 Å². The standard InChI is InChI=1S/C25H24ClNO4S/c1-4-31-22-12-7-20(8-13-22)9-16-25(28)27(24-17-18(2)5-6-19(24)3)32(29,30)23-14-10-21(26)11-15-23/h5-17H,4H2,1-3H3/b16-9+. The lowest BCUT2D eigenvalue weighted by atomic mass is 10.1. The van der Waals surface area contributed by atoms with Crippen LogP contribution in [-0.4, -0.2) is 20.9 Å². The number of sulfonamides is 1. The summed E-state index contributed by atoms with van der Waals surface area (Å²) >= 11 is 5.92. The SMILES string of the molecule is CCOc1ccc(/C=C/C(=O)N(c2cc(C)ccc2C)S(=O)(=O)c2ccc(Cl)cc2)cc1. The zero-order valence-corrected chi connectivity index (χ0v) is 19.7. The van der Waals surface area contributed by atoms with Crippen LogP contribution in [-0.2, 0) is 14.8 Å². The van der Waals surface area contributed by atoms with Crippen molar-refractivity contribution in [3.8, 4) is 5.75 Å². The molecule has 0 aliphatic carbocycles. The van der Waals surface area contributed by atoms with Gasteiger partial charge in [0.05, 0.1) is 17.2 Å².